The molecule has 0 radical (unpaired) electrons. The number of nitrogens with zero attached hydrogens (tertiary/aromatic N) is 2. The molecule has 1 aromatic heterocycles. The Morgan fingerprint density at radius 2 is 1.81 bits per heavy atom. The Labute approximate surface area is 165 Å². The van der Waals surface area contributed by atoms with Crippen LogP contribution in [0.1, 0.15) is 45.6 Å². The summed E-state index contributed by atoms with van der Waals surface area (Å²) in [6.07, 6.45) is 1.11. The maximum atomic E-state index is 12.7. The van der Waals surface area contributed by atoms with Crippen LogP contribution in [-0.4, -0.2) is 20.7 Å². The minimum absolute atomic E-state index is 0.0416. The Morgan fingerprint density at radius 1 is 1.11 bits per heavy atom. The number of nitrogens with one attached hydrogen (secondary N) is 1. The summed E-state index contributed by atoms with van der Waals surface area (Å²) in [7, 11) is 0. The molecule has 3 rings (SSSR count). The number of thioether (sulfide) groups is 1. The Balaban J connectivity index is 1.77. The smallest absolute Gasteiger partial charge is 0.244 e. The van der Waals surface area contributed by atoms with Crippen LogP contribution in [0.5, 0.6) is 0 Å². The van der Waals surface area contributed by atoms with Gasteiger partial charge in [0.2, 0.25) is 5.91 Å². The lowest BCUT2D eigenvalue weighted by Crippen LogP contribution is -2.19. The van der Waals surface area contributed by atoms with Crippen LogP contribution in [-0.2, 0) is 11.3 Å². The molecule has 5 heteroatoms. The van der Waals surface area contributed by atoms with Crippen LogP contribution in [0, 0.1) is 0 Å². The fourth-order valence-electron chi connectivity index (χ4n) is 2.98. The zero-order valence-corrected chi connectivity index (χ0v) is 17.2. The van der Waals surface area contributed by atoms with E-state index in [1.54, 1.807) is 11.8 Å². The number of para-hydroxylation sites is 2. The number of fused-ring (bicyclic) bond motifs is 1. The molecule has 4 nitrogen and oxygen atoms in total. The Kier molecular flexibility index (Phi) is 6.22. The molecule has 2 aromatic carbocycles. The molecule has 0 bridgehead atoms. The van der Waals surface area contributed by atoms with Crippen molar-refractivity contribution in [3.8, 4) is 0 Å². The molecule has 1 atom stereocenters. The third kappa shape index (κ3) is 4.72. The predicted octanol–water partition coefficient (Wildman–Crippen LogP) is 5.69. The second kappa shape index (κ2) is 8.61. The lowest BCUT2D eigenvalue weighted by atomic mass is 9.99. The number of hydrogen-bond acceptors (Lipinski definition) is 3. The van der Waals surface area contributed by atoms with Gasteiger partial charge < -0.3 is 9.88 Å². The fourth-order valence-corrected chi connectivity index (χ4v) is 3.84. The van der Waals surface area contributed by atoms with Gasteiger partial charge >= 0.3 is 0 Å². The van der Waals surface area contributed by atoms with E-state index in [1.807, 2.05) is 41.0 Å². The molecule has 3 aromatic rings. The molecule has 0 aliphatic heterocycles. The minimum atomic E-state index is -0.0416. The lowest BCUT2D eigenvalue weighted by Gasteiger charge is -2.12. The molecule has 0 spiro atoms. The van der Waals surface area contributed by atoms with Gasteiger partial charge in [0, 0.05) is 10.9 Å². The van der Waals surface area contributed by atoms with E-state index in [-0.39, 0.29) is 12.5 Å². The lowest BCUT2D eigenvalue weighted by molar-refractivity contribution is -0.116. The van der Waals surface area contributed by atoms with E-state index in [0.29, 0.717) is 11.2 Å². The van der Waals surface area contributed by atoms with E-state index in [2.05, 4.69) is 45.1 Å². The van der Waals surface area contributed by atoms with Crippen molar-refractivity contribution in [2.45, 2.75) is 57.0 Å². The summed E-state index contributed by atoms with van der Waals surface area (Å²) < 4.78 is 2.00. The van der Waals surface area contributed by atoms with Crippen molar-refractivity contribution in [1.29, 1.82) is 0 Å². The first-order chi connectivity index (χ1) is 13.0. The molecule has 27 heavy (non-hydrogen) atoms. The van der Waals surface area contributed by atoms with Gasteiger partial charge in [-0.1, -0.05) is 63.7 Å². The summed E-state index contributed by atoms with van der Waals surface area (Å²) in [4.78, 5) is 17.4. The zero-order valence-electron chi connectivity index (χ0n) is 16.4. The summed E-state index contributed by atoms with van der Waals surface area (Å²) in [5.74, 6) is 0.489. The highest BCUT2D eigenvalue weighted by Gasteiger charge is 2.15. The van der Waals surface area contributed by atoms with Gasteiger partial charge in [0.15, 0.2) is 5.16 Å². The number of aromatic nitrogens is 2. The summed E-state index contributed by atoms with van der Waals surface area (Å²) in [5.41, 5.74) is 4.04. The van der Waals surface area contributed by atoms with E-state index in [4.69, 9.17) is 4.98 Å². The van der Waals surface area contributed by atoms with E-state index in [0.717, 1.165) is 28.3 Å². The molecule has 1 heterocycles. The van der Waals surface area contributed by atoms with Gasteiger partial charge in [-0.2, -0.15) is 0 Å². The highest BCUT2D eigenvalue weighted by atomic mass is 32.2. The predicted molar refractivity (Wildman–Crippen MR) is 115 cm³/mol. The average Bonchev–Trinajstić information content (AvgIpc) is 2.98. The number of carbonyl (C=O) groups excluding carboxylic acids is 1. The third-order valence-corrected chi connectivity index (χ3v) is 5.63. The quantitative estimate of drug-likeness (QED) is 0.535. The highest BCUT2D eigenvalue weighted by Crippen LogP contribution is 2.27. The summed E-state index contributed by atoms with van der Waals surface area (Å²) in [6, 6.07) is 16.1. The molecule has 0 saturated heterocycles. The van der Waals surface area contributed by atoms with Crippen LogP contribution in [0.2, 0.25) is 0 Å². The van der Waals surface area contributed by atoms with Crippen molar-refractivity contribution in [3.63, 3.8) is 0 Å². The van der Waals surface area contributed by atoms with Crippen molar-refractivity contribution >= 4 is 34.4 Å². The zero-order chi connectivity index (χ0) is 19.4. The van der Waals surface area contributed by atoms with Crippen molar-refractivity contribution < 1.29 is 4.79 Å². The molecule has 1 amide bonds. The van der Waals surface area contributed by atoms with Gasteiger partial charge in [0.25, 0.3) is 0 Å². The van der Waals surface area contributed by atoms with Gasteiger partial charge in [-0.3, -0.25) is 4.79 Å². The van der Waals surface area contributed by atoms with Gasteiger partial charge in [-0.25, -0.2) is 4.98 Å². The van der Waals surface area contributed by atoms with Gasteiger partial charge in [0.05, 0.1) is 11.0 Å². The van der Waals surface area contributed by atoms with Gasteiger partial charge in [0.1, 0.15) is 6.54 Å². The van der Waals surface area contributed by atoms with Crippen molar-refractivity contribution in [3.05, 3.63) is 54.1 Å². The average molecular weight is 382 g/mol. The number of imidazole rings is 1. The number of anilines is 1. The molecule has 0 aliphatic rings. The summed E-state index contributed by atoms with van der Waals surface area (Å²) >= 11 is 1.68. The molecular weight excluding hydrogens is 354 g/mol. The second-order valence-electron chi connectivity index (χ2n) is 7.12. The van der Waals surface area contributed by atoms with Crippen molar-refractivity contribution in [2.24, 2.45) is 0 Å². The maximum Gasteiger partial charge on any atom is 0.244 e. The van der Waals surface area contributed by atoms with Crippen LogP contribution in [0.4, 0.5) is 5.69 Å². The number of benzene rings is 2. The van der Waals surface area contributed by atoms with Gasteiger partial charge in [-0.05, 0) is 42.2 Å². The number of rotatable bonds is 7. The molecular formula is C22H27N3OS. The second-order valence-corrected chi connectivity index (χ2v) is 8.66. The van der Waals surface area contributed by atoms with Crippen molar-refractivity contribution in [1.82, 2.24) is 9.55 Å². The summed E-state index contributed by atoms with van der Waals surface area (Å²) in [6.45, 7) is 8.91. The first-order valence-corrected chi connectivity index (χ1v) is 10.4. The molecule has 1 N–H and O–H groups in total. The third-order valence-electron chi connectivity index (χ3n) is 4.64. The fraction of sp³-hybridized carbons (Fsp3) is 0.364. The molecule has 1 unspecified atom stereocenters. The Morgan fingerprint density at radius 3 is 2.48 bits per heavy atom. The van der Waals surface area contributed by atoms with Crippen LogP contribution in [0.25, 0.3) is 11.0 Å². The first kappa shape index (κ1) is 19.5. The largest absolute Gasteiger partial charge is 0.325 e. The van der Waals surface area contributed by atoms with Crippen LogP contribution in [0.3, 0.4) is 0 Å². The number of amides is 1. The SMILES string of the molecule is CCC(C)c1ccc(NC(=O)Cn2c(SC(C)C)nc3ccccc32)cc1. The minimum Gasteiger partial charge on any atom is -0.325 e. The normalized spacial score (nSPS) is 12.5. The highest BCUT2D eigenvalue weighted by molar-refractivity contribution is 7.99. The standard InChI is InChI=1S/C22H27N3OS/c1-5-16(4)17-10-12-18(13-11-17)23-21(26)14-25-20-9-7-6-8-19(20)24-22(25)27-15(2)3/h6-13,15-16H,5,14H2,1-4H3,(H,23,26). The van der Waals surface area contributed by atoms with Crippen LogP contribution in [0.15, 0.2) is 53.7 Å². The summed E-state index contributed by atoms with van der Waals surface area (Å²) in [5, 5.41) is 4.30. The Hall–Kier alpha value is -2.27. The number of carbonyl (C=O) groups is 1. The molecule has 0 aliphatic carbocycles. The van der Waals surface area contributed by atoms with E-state index in [1.165, 1.54) is 5.56 Å². The molecule has 0 fully saturated rings. The molecule has 0 saturated carbocycles. The monoisotopic (exact) mass is 381 g/mol. The first-order valence-electron chi connectivity index (χ1n) is 9.49. The van der Waals surface area contributed by atoms with Gasteiger partial charge in [-0.15, -0.1) is 0 Å². The van der Waals surface area contributed by atoms with E-state index >= 15 is 0 Å². The van der Waals surface area contributed by atoms with E-state index in [9.17, 15) is 4.79 Å². The van der Waals surface area contributed by atoms with Crippen LogP contribution >= 0.6 is 11.8 Å². The Bertz CT molecular complexity index is 915. The van der Waals surface area contributed by atoms with E-state index < -0.39 is 0 Å². The van der Waals surface area contributed by atoms with Crippen LogP contribution < -0.4 is 5.32 Å². The number of hydrogen-bond donors (Lipinski definition) is 1. The molecule has 142 valence electrons. The maximum absolute atomic E-state index is 12.7. The van der Waals surface area contributed by atoms with Crippen molar-refractivity contribution in [2.75, 3.05) is 5.32 Å². The topological polar surface area (TPSA) is 46.9 Å².